The van der Waals surface area contributed by atoms with Gasteiger partial charge in [-0.25, -0.2) is 19.3 Å². The molecule has 2 heterocycles. The Balaban J connectivity index is 1.77. The maximum atomic E-state index is 13.4. The molecule has 0 radical (unpaired) electrons. The van der Waals surface area contributed by atoms with E-state index in [-0.39, 0.29) is 12.5 Å². The summed E-state index contributed by atoms with van der Waals surface area (Å²) < 4.78 is 18.5. The number of halogens is 2. The Kier molecular flexibility index (Phi) is 7.67. The summed E-state index contributed by atoms with van der Waals surface area (Å²) in [6.45, 7) is 6.77. The van der Waals surface area contributed by atoms with Gasteiger partial charge in [-0.15, -0.1) is 0 Å². The number of aromatic nitrogens is 3. The Bertz CT molecular complexity index is 1050. The summed E-state index contributed by atoms with van der Waals surface area (Å²) in [7, 11) is 0. The molecule has 0 N–H and O–H groups in total. The summed E-state index contributed by atoms with van der Waals surface area (Å²) in [5, 5.41) is 0.441. The maximum Gasteiger partial charge on any atom is 0.258 e. The summed E-state index contributed by atoms with van der Waals surface area (Å²) in [4.78, 5) is 27.4. The van der Waals surface area contributed by atoms with Crippen LogP contribution in [0.2, 0.25) is 5.02 Å². The lowest BCUT2D eigenvalue weighted by atomic mass is 10.0. The van der Waals surface area contributed by atoms with Gasteiger partial charge in [0, 0.05) is 47.7 Å². The van der Waals surface area contributed by atoms with Crippen LogP contribution in [0, 0.1) is 5.82 Å². The molecule has 31 heavy (non-hydrogen) atoms. The number of pyridine rings is 1. The molecule has 3 aromatic rings. The van der Waals surface area contributed by atoms with Crippen molar-refractivity contribution in [1.82, 2.24) is 19.9 Å². The minimum atomic E-state index is -0.434. The number of nitrogens with zero attached hydrogens (tertiary/aromatic N) is 4. The van der Waals surface area contributed by atoms with E-state index in [0.717, 1.165) is 12.6 Å². The zero-order chi connectivity index (χ0) is 22.2. The lowest BCUT2D eigenvalue weighted by molar-refractivity contribution is 0.0799. The molecule has 8 heteroatoms. The van der Waals surface area contributed by atoms with Crippen molar-refractivity contribution in [3.8, 4) is 17.3 Å². The molecule has 0 spiro atoms. The minimum absolute atomic E-state index is 0.239. The first-order valence-electron chi connectivity index (χ1n) is 9.80. The van der Waals surface area contributed by atoms with Crippen molar-refractivity contribution < 1.29 is 13.9 Å². The van der Waals surface area contributed by atoms with E-state index in [2.05, 4.69) is 21.5 Å². The second-order valence-corrected chi connectivity index (χ2v) is 7.13. The van der Waals surface area contributed by atoms with Crippen LogP contribution in [0.4, 0.5) is 4.39 Å². The Labute approximate surface area is 185 Å². The summed E-state index contributed by atoms with van der Waals surface area (Å²) in [6, 6.07) is 9.49. The van der Waals surface area contributed by atoms with E-state index in [1.807, 2.05) is 6.92 Å². The van der Waals surface area contributed by atoms with Crippen LogP contribution in [0.5, 0.6) is 5.88 Å². The van der Waals surface area contributed by atoms with Crippen molar-refractivity contribution in [2.24, 2.45) is 0 Å². The van der Waals surface area contributed by atoms with Gasteiger partial charge in [0.1, 0.15) is 5.82 Å². The number of carbonyl (C=O) groups is 1. The molecule has 1 amide bonds. The van der Waals surface area contributed by atoms with E-state index in [1.54, 1.807) is 41.6 Å². The third-order valence-electron chi connectivity index (χ3n) is 4.43. The number of benzene rings is 1. The van der Waals surface area contributed by atoms with Gasteiger partial charge in [-0.1, -0.05) is 25.1 Å². The molecule has 0 unspecified atom stereocenters. The van der Waals surface area contributed by atoms with Crippen LogP contribution in [0.25, 0.3) is 11.4 Å². The van der Waals surface area contributed by atoms with E-state index in [4.69, 9.17) is 16.3 Å². The van der Waals surface area contributed by atoms with E-state index in [0.29, 0.717) is 46.5 Å². The van der Waals surface area contributed by atoms with Crippen molar-refractivity contribution in [2.75, 3.05) is 13.2 Å². The number of carbonyl (C=O) groups excluding carboxylic acids is 1. The largest absolute Gasteiger partial charge is 0.477 e. The van der Waals surface area contributed by atoms with Crippen molar-refractivity contribution in [2.45, 2.75) is 19.8 Å². The average Bonchev–Trinajstić information content (AvgIpc) is 2.78. The number of hydrogen-bond acceptors (Lipinski definition) is 5. The molecule has 0 aliphatic rings. The third-order valence-corrected chi connectivity index (χ3v) is 4.67. The highest BCUT2D eigenvalue weighted by Crippen LogP contribution is 2.26. The van der Waals surface area contributed by atoms with E-state index in [9.17, 15) is 9.18 Å². The molecule has 3 rings (SSSR count). The Hall–Kier alpha value is -3.32. The average molecular weight is 441 g/mol. The highest BCUT2D eigenvalue weighted by Gasteiger charge is 2.22. The van der Waals surface area contributed by atoms with Gasteiger partial charge in [0.05, 0.1) is 18.4 Å². The molecule has 1 aromatic carbocycles. The molecule has 0 aliphatic carbocycles. The molecule has 0 saturated carbocycles. The van der Waals surface area contributed by atoms with Crippen molar-refractivity contribution in [3.63, 3.8) is 0 Å². The van der Waals surface area contributed by atoms with Crippen LogP contribution in [0.1, 0.15) is 30.1 Å². The lowest BCUT2D eigenvalue weighted by Gasteiger charge is -2.25. The molecular formula is C23H22ClFN4O2. The van der Waals surface area contributed by atoms with Crippen LogP contribution in [0.15, 0.2) is 67.3 Å². The van der Waals surface area contributed by atoms with Gasteiger partial charge >= 0.3 is 0 Å². The van der Waals surface area contributed by atoms with Crippen LogP contribution >= 0.6 is 11.6 Å². The number of hydrogen-bond donors (Lipinski definition) is 0. The van der Waals surface area contributed by atoms with Crippen molar-refractivity contribution in [1.29, 1.82) is 0 Å². The van der Waals surface area contributed by atoms with Gasteiger partial charge in [0.2, 0.25) is 5.88 Å². The molecule has 0 saturated heterocycles. The molecule has 0 fully saturated rings. The highest BCUT2D eigenvalue weighted by molar-refractivity contribution is 6.31. The number of ether oxygens (including phenoxy) is 1. The van der Waals surface area contributed by atoms with Crippen molar-refractivity contribution >= 4 is 17.5 Å². The van der Waals surface area contributed by atoms with Gasteiger partial charge in [-0.2, -0.15) is 0 Å². The molecule has 0 atom stereocenters. The zero-order valence-electron chi connectivity index (χ0n) is 17.1. The fraction of sp³-hybridized carbons (Fsp3) is 0.217. The molecule has 0 aliphatic heterocycles. The van der Waals surface area contributed by atoms with Crippen LogP contribution in [0.3, 0.4) is 0 Å². The monoisotopic (exact) mass is 440 g/mol. The zero-order valence-corrected chi connectivity index (χ0v) is 17.8. The Morgan fingerprint density at radius 3 is 2.65 bits per heavy atom. The topological polar surface area (TPSA) is 68.2 Å². The second-order valence-electron chi connectivity index (χ2n) is 6.70. The van der Waals surface area contributed by atoms with Gasteiger partial charge < -0.3 is 9.64 Å². The van der Waals surface area contributed by atoms with E-state index >= 15 is 0 Å². The van der Waals surface area contributed by atoms with Gasteiger partial charge in [-0.05, 0) is 36.8 Å². The SMILES string of the molecule is C=C(CCOc1ccc(F)cn1)N(CCC)C(=O)c1cc(Cl)ccc1-c1ncccn1. The van der Waals surface area contributed by atoms with Gasteiger partial charge in [0.25, 0.3) is 5.91 Å². The summed E-state index contributed by atoms with van der Waals surface area (Å²) >= 11 is 6.18. The smallest absolute Gasteiger partial charge is 0.258 e. The predicted molar refractivity (Wildman–Crippen MR) is 117 cm³/mol. The standard InChI is InChI=1S/C23H22ClFN4O2/c1-3-12-29(16(2)9-13-31-21-8-6-18(25)15-28-21)23(30)20-14-17(24)5-7-19(20)22-26-10-4-11-27-22/h4-8,10-11,14-15H,2-3,9,12-13H2,1H3. The molecular weight excluding hydrogens is 419 g/mol. The molecule has 2 aromatic heterocycles. The third kappa shape index (κ3) is 5.86. The van der Waals surface area contributed by atoms with E-state index < -0.39 is 5.82 Å². The summed E-state index contributed by atoms with van der Waals surface area (Å²) in [5.74, 6) is 0.0733. The van der Waals surface area contributed by atoms with E-state index in [1.165, 1.54) is 12.1 Å². The maximum absolute atomic E-state index is 13.4. The molecule has 0 bridgehead atoms. The molecule has 160 valence electrons. The normalized spacial score (nSPS) is 10.5. The van der Waals surface area contributed by atoms with Gasteiger partial charge in [0.15, 0.2) is 5.82 Å². The number of rotatable bonds is 9. The summed E-state index contributed by atoms with van der Waals surface area (Å²) in [6.07, 6.45) is 5.46. The second kappa shape index (κ2) is 10.6. The minimum Gasteiger partial charge on any atom is -0.477 e. The first kappa shape index (κ1) is 22.4. The van der Waals surface area contributed by atoms with Crippen LogP contribution in [-0.2, 0) is 0 Å². The first-order valence-corrected chi connectivity index (χ1v) is 10.2. The van der Waals surface area contributed by atoms with Crippen molar-refractivity contribution in [3.05, 3.63) is 83.7 Å². The fourth-order valence-electron chi connectivity index (χ4n) is 2.95. The first-order chi connectivity index (χ1) is 15.0. The Morgan fingerprint density at radius 2 is 1.97 bits per heavy atom. The fourth-order valence-corrected chi connectivity index (χ4v) is 3.13. The highest BCUT2D eigenvalue weighted by atomic mass is 35.5. The summed E-state index contributed by atoms with van der Waals surface area (Å²) in [5.41, 5.74) is 1.58. The van der Waals surface area contributed by atoms with Crippen LogP contribution in [-0.4, -0.2) is 38.9 Å². The Morgan fingerprint density at radius 1 is 1.19 bits per heavy atom. The quantitative estimate of drug-likeness (QED) is 0.459. The molecule has 6 nitrogen and oxygen atoms in total. The van der Waals surface area contributed by atoms with Crippen LogP contribution < -0.4 is 4.74 Å². The lowest BCUT2D eigenvalue weighted by Crippen LogP contribution is -2.32. The number of amides is 1. The van der Waals surface area contributed by atoms with Gasteiger partial charge in [-0.3, -0.25) is 4.79 Å². The predicted octanol–water partition coefficient (Wildman–Crippen LogP) is 5.17.